The molecule has 0 saturated heterocycles. The molecule has 98 valence electrons. The lowest BCUT2D eigenvalue weighted by Gasteiger charge is -2.23. The largest absolute Gasteiger partial charge is 0.388 e. The van der Waals surface area contributed by atoms with Crippen LogP contribution in [0.3, 0.4) is 0 Å². The maximum absolute atomic E-state index is 11.7. The molecular weight excluding hydrogens is 228 g/mol. The number of nitrogens with one attached hydrogen (secondary N) is 2. The number of rotatable bonds is 4. The molecule has 0 aliphatic heterocycles. The second-order valence-corrected chi connectivity index (χ2v) is 5.25. The summed E-state index contributed by atoms with van der Waals surface area (Å²) in [6, 6.07) is 7.33. The highest BCUT2D eigenvalue weighted by Crippen LogP contribution is 2.38. The van der Waals surface area contributed by atoms with E-state index in [0.717, 1.165) is 24.1 Å². The zero-order valence-corrected chi connectivity index (χ0v) is 10.9. The summed E-state index contributed by atoms with van der Waals surface area (Å²) in [6.45, 7) is 4.00. The Hall–Kier alpha value is -1.55. The Labute approximate surface area is 107 Å². The van der Waals surface area contributed by atoms with Crippen molar-refractivity contribution in [1.82, 2.24) is 5.32 Å². The lowest BCUT2D eigenvalue weighted by Crippen LogP contribution is -2.43. The van der Waals surface area contributed by atoms with Gasteiger partial charge in [-0.25, -0.2) is 4.79 Å². The molecule has 1 fully saturated rings. The van der Waals surface area contributed by atoms with Crippen LogP contribution in [0.25, 0.3) is 0 Å². The van der Waals surface area contributed by atoms with E-state index in [1.165, 1.54) is 0 Å². The van der Waals surface area contributed by atoms with Crippen LogP contribution in [0.15, 0.2) is 24.3 Å². The van der Waals surface area contributed by atoms with Gasteiger partial charge in [-0.15, -0.1) is 0 Å². The van der Waals surface area contributed by atoms with Gasteiger partial charge in [0.2, 0.25) is 0 Å². The number of aryl methyl sites for hydroxylation is 1. The Bertz CT molecular complexity index is 439. The van der Waals surface area contributed by atoms with Crippen LogP contribution in [0.2, 0.25) is 0 Å². The summed E-state index contributed by atoms with van der Waals surface area (Å²) in [5.41, 5.74) is 1.02. The van der Waals surface area contributed by atoms with Crippen LogP contribution >= 0.6 is 0 Å². The molecule has 0 bridgehead atoms. The zero-order valence-electron chi connectivity index (χ0n) is 10.9. The third-order valence-electron chi connectivity index (χ3n) is 3.46. The molecule has 0 radical (unpaired) electrons. The molecule has 1 saturated carbocycles. The molecule has 4 heteroatoms. The standard InChI is InChI=1S/C14H20N2O2/c1-10-5-3-4-6-12(10)16-13(17)15-9-14(2,18)11-7-8-11/h3-6,11,18H,7-9H2,1-2H3,(H2,15,16,17)/t14-/m1/s1. The molecule has 1 aromatic rings. The molecule has 0 heterocycles. The number of para-hydroxylation sites is 1. The smallest absolute Gasteiger partial charge is 0.319 e. The molecular formula is C14H20N2O2. The van der Waals surface area contributed by atoms with Crippen molar-refractivity contribution in [1.29, 1.82) is 0 Å². The van der Waals surface area contributed by atoms with Crippen molar-refractivity contribution in [2.24, 2.45) is 5.92 Å². The third kappa shape index (κ3) is 3.23. The summed E-state index contributed by atoms with van der Waals surface area (Å²) >= 11 is 0. The quantitative estimate of drug-likeness (QED) is 0.765. The van der Waals surface area contributed by atoms with Gasteiger partial charge in [0, 0.05) is 12.2 Å². The van der Waals surface area contributed by atoms with Gasteiger partial charge < -0.3 is 15.7 Å². The molecule has 2 amide bonds. The number of amides is 2. The third-order valence-corrected chi connectivity index (χ3v) is 3.46. The number of hydrogen-bond donors (Lipinski definition) is 3. The Kier molecular flexibility index (Phi) is 3.57. The summed E-state index contributed by atoms with van der Waals surface area (Å²) in [4.78, 5) is 11.7. The Morgan fingerprint density at radius 2 is 2.11 bits per heavy atom. The average Bonchev–Trinajstić information content (AvgIpc) is 3.14. The minimum atomic E-state index is -0.789. The van der Waals surface area contributed by atoms with Gasteiger partial charge in [0.05, 0.1) is 5.60 Å². The summed E-state index contributed by atoms with van der Waals surface area (Å²) in [6.07, 6.45) is 2.10. The second-order valence-electron chi connectivity index (χ2n) is 5.25. The second kappa shape index (κ2) is 4.98. The van der Waals surface area contributed by atoms with Crippen LogP contribution < -0.4 is 10.6 Å². The van der Waals surface area contributed by atoms with Crippen molar-refractivity contribution in [3.63, 3.8) is 0 Å². The van der Waals surface area contributed by atoms with Gasteiger partial charge in [-0.2, -0.15) is 0 Å². The minimum Gasteiger partial charge on any atom is -0.388 e. The van der Waals surface area contributed by atoms with Crippen LogP contribution in [0, 0.1) is 12.8 Å². The van der Waals surface area contributed by atoms with Crippen molar-refractivity contribution < 1.29 is 9.90 Å². The van der Waals surface area contributed by atoms with Gasteiger partial charge in [-0.05, 0) is 44.2 Å². The molecule has 4 nitrogen and oxygen atoms in total. The van der Waals surface area contributed by atoms with E-state index in [1.807, 2.05) is 31.2 Å². The average molecular weight is 248 g/mol. The fraction of sp³-hybridized carbons (Fsp3) is 0.500. The van der Waals surface area contributed by atoms with Gasteiger partial charge in [0.25, 0.3) is 0 Å². The number of aliphatic hydroxyl groups is 1. The highest BCUT2D eigenvalue weighted by molar-refractivity contribution is 5.90. The first kappa shape index (κ1) is 12.9. The fourth-order valence-electron chi connectivity index (χ4n) is 1.99. The van der Waals surface area contributed by atoms with Crippen LogP contribution in [0.5, 0.6) is 0 Å². The van der Waals surface area contributed by atoms with E-state index >= 15 is 0 Å². The van der Waals surface area contributed by atoms with Crippen LogP contribution in [0.4, 0.5) is 10.5 Å². The van der Waals surface area contributed by atoms with E-state index in [9.17, 15) is 9.90 Å². The monoisotopic (exact) mass is 248 g/mol. The molecule has 18 heavy (non-hydrogen) atoms. The normalized spacial score (nSPS) is 17.9. The van der Waals surface area contributed by atoms with Crippen molar-refractivity contribution in [2.75, 3.05) is 11.9 Å². The van der Waals surface area contributed by atoms with E-state index in [4.69, 9.17) is 0 Å². The van der Waals surface area contributed by atoms with Crippen molar-refractivity contribution in [2.45, 2.75) is 32.3 Å². The Balaban J connectivity index is 1.84. The summed E-state index contributed by atoms with van der Waals surface area (Å²) < 4.78 is 0. The van der Waals surface area contributed by atoms with Gasteiger partial charge in [-0.1, -0.05) is 18.2 Å². The van der Waals surface area contributed by atoms with E-state index in [-0.39, 0.29) is 12.6 Å². The predicted molar refractivity (Wildman–Crippen MR) is 71.5 cm³/mol. The van der Waals surface area contributed by atoms with Crippen molar-refractivity contribution in [3.05, 3.63) is 29.8 Å². The van der Waals surface area contributed by atoms with Crippen LogP contribution in [0.1, 0.15) is 25.3 Å². The Morgan fingerprint density at radius 3 is 2.72 bits per heavy atom. The number of carbonyl (C=O) groups is 1. The molecule has 1 atom stereocenters. The first-order valence-corrected chi connectivity index (χ1v) is 6.32. The lowest BCUT2D eigenvalue weighted by molar-refractivity contribution is 0.0398. The van der Waals surface area contributed by atoms with E-state index in [2.05, 4.69) is 10.6 Å². The van der Waals surface area contributed by atoms with Gasteiger partial charge >= 0.3 is 6.03 Å². The highest BCUT2D eigenvalue weighted by Gasteiger charge is 2.39. The summed E-state index contributed by atoms with van der Waals surface area (Å²) in [7, 11) is 0. The molecule has 1 aliphatic carbocycles. The van der Waals surface area contributed by atoms with Gasteiger partial charge in [0.15, 0.2) is 0 Å². The van der Waals surface area contributed by atoms with Gasteiger partial charge in [-0.3, -0.25) is 0 Å². The molecule has 1 aliphatic rings. The fourth-order valence-corrected chi connectivity index (χ4v) is 1.99. The Morgan fingerprint density at radius 1 is 1.44 bits per heavy atom. The molecule has 3 N–H and O–H groups in total. The number of hydrogen-bond acceptors (Lipinski definition) is 2. The topological polar surface area (TPSA) is 61.4 Å². The SMILES string of the molecule is Cc1ccccc1NC(=O)NC[C@@](C)(O)C1CC1. The first-order valence-electron chi connectivity index (χ1n) is 6.32. The molecule has 0 unspecified atom stereocenters. The van der Waals surface area contributed by atoms with Crippen LogP contribution in [-0.2, 0) is 0 Å². The maximum atomic E-state index is 11.7. The predicted octanol–water partition coefficient (Wildman–Crippen LogP) is 2.28. The number of urea groups is 1. The van der Waals surface area contributed by atoms with E-state index < -0.39 is 5.60 Å². The summed E-state index contributed by atoms with van der Waals surface area (Å²) in [5.74, 6) is 0.330. The summed E-state index contributed by atoms with van der Waals surface area (Å²) in [5, 5.41) is 15.6. The van der Waals surface area contributed by atoms with Crippen molar-refractivity contribution in [3.8, 4) is 0 Å². The molecule has 0 spiro atoms. The maximum Gasteiger partial charge on any atom is 0.319 e. The molecule has 2 rings (SSSR count). The number of carbonyl (C=O) groups excluding carboxylic acids is 1. The van der Waals surface area contributed by atoms with Crippen LogP contribution in [-0.4, -0.2) is 23.3 Å². The van der Waals surface area contributed by atoms with Gasteiger partial charge in [0.1, 0.15) is 0 Å². The highest BCUT2D eigenvalue weighted by atomic mass is 16.3. The minimum absolute atomic E-state index is 0.273. The number of benzene rings is 1. The molecule has 0 aromatic heterocycles. The van der Waals surface area contributed by atoms with E-state index in [0.29, 0.717) is 5.92 Å². The number of anilines is 1. The lowest BCUT2D eigenvalue weighted by atomic mass is 10.0. The van der Waals surface area contributed by atoms with E-state index in [1.54, 1.807) is 6.92 Å². The van der Waals surface area contributed by atoms with Crippen molar-refractivity contribution >= 4 is 11.7 Å². The zero-order chi connectivity index (χ0) is 13.2. The first-order chi connectivity index (χ1) is 8.49. The molecule has 1 aromatic carbocycles.